The summed E-state index contributed by atoms with van der Waals surface area (Å²) < 4.78 is 5.15. The molecule has 62 valence electrons. The van der Waals surface area contributed by atoms with Gasteiger partial charge in [0.1, 0.15) is 11.8 Å². The molecule has 13 heavy (non-hydrogen) atoms. The van der Waals surface area contributed by atoms with Gasteiger partial charge in [0.2, 0.25) is 0 Å². The van der Waals surface area contributed by atoms with Crippen molar-refractivity contribution in [3.63, 3.8) is 0 Å². The van der Waals surface area contributed by atoms with Gasteiger partial charge < -0.3 is 4.42 Å². The molecular weight excluding hydrogens is 164 g/mol. The van der Waals surface area contributed by atoms with Crippen LogP contribution in [0.15, 0.2) is 41.1 Å². The number of pyridine rings is 1. The molecule has 2 aromatic heterocycles. The van der Waals surface area contributed by atoms with Crippen LogP contribution in [0.4, 0.5) is 0 Å². The average molecular weight is 170 g/mol. The van der Waals surface area contributed by atoms with Gasteiger partial charge in [0, 0.05) is 6.20 Å². The van der Waals surface area contributed by atoms with Crippen molar-refractivity contribution in [1.29, 1.82) is 5.26 Å². The number of hydrogen-bond donors (Lipinski definition) is 0. The predicted octanol–water partition coefficient (Wildman–Crippen LogP) is 2.21. The van der Waals surface area contributed by atoms with Gasteiger partial charge >= 0.3 is 0 Å². The first-order chi connectivity index (χ1) is 6.40. The number of rotatable bonds is 1. The Bertz CT molecular complexity index is 423. The maximum Gasteiger partial charge on any atom is 0.152 e. The van der Waals surface area contributed by atoms with Crippen LogP contribution in [0.3, 0.4) is 0 Å². The molecule has 3 nitrogen and oxygen atoms in total. The third-order valence-electron chi connectivity index (χ3n) is 1.67. The Morgan fingerprint density at radius 1 is 1.31 bits per heavy atom. The first kappa shape index (κ1) is 7.56. The molecule has 0 aromatic carbocycles. The molecule has 0 N–H and O–H groups in total. The summed E-state index contributed by atoms with van der Waals surface area (Å²) in [6, 6.07) is 9.11. The second kappa shape index (κ2) is 3.11. The van der Waals surface area contributed by atoms with Crippen molar-refractivity contribution in [2.24, 2.45) is 0 Å². The quantitative estimate of drug-likeness (QED) is 0.659. The van der Waals surface area contributed by atoms with E-state index in [9.17, 15) is 0 Å². The molecule has 0 saturated heterocycles. The van der Waals surface area contributed by atoms with Gasteiger partial charge in [0.05, 0.1) is 11.8 Å². The van der Waals surface area contributed by atoms with Crippen LogP contribution in [0, 0.1) is 11.3 Å². The normalized spacial score (nSPS) is 9.46. The highest BCUT2D eigenvalue weighted by Gasteiger charge is 2.00. The Kier molecular flexibility index (Phi) is 1.81. The molecule has 2 aromatic rings. The fraction of sp³-hybridized carbons (Fsp3) is 0. The Balaban J connectivity index is 2.40. The highest BCUT2D eigenvalue weighted by Crippen LogP contribution is 2.16. The Morgan fingerprint density at radius 2 is 2.23 bits per heavy atom. The Hall–Kier alpha value is -2.08. The third-order valence-corrected chi connectivity index (χ3v) is 1.67. The zero-order valence-corrected chi connectivity index (χ0v) is 6.77. The van der Waals surface area contributed by atoms with E-state index in [1.54, 1.807) is 24.5 Å². The molecule has 0 fully saturated rings. The maximum atomic E-state index is 8.55. The number of nitrogens with zero attached hydrogens (tertiary/aromatic N) is 2. The van der Waals surface area contributed by atoms with Crippen LogP contribution in [0.5, 0.6) is 0 Å². The van der Waals surface area contributed by atoms with E-state index in [4.69, 9.17) is 9.68 Å². The standard InChI is InChI=1S/C10H6N2O/c11-6-8-3-4-9(12-7-8)10-2-1-5-13-10/h1-5,7H. The molecule has 0 aliphatic heterocycles. The van der Waals surface area contributed by atoms with Crippen LogP contribution in [0.2, 0.25) is 0 Å². The average Bonchev–Trinajstić information content (AvgIpc) is 2.71. The summed E-state index contributed by atoms with van der Waals surface area (Å²) in [4.78, 5) is 4.08. The molecule has 0 aliphatic carbocycles. The van der Waals surface area contributed by atoms with Crippen LogP contribution in [-0.2, 0) is 0 Å². The minimum Gasteiger partial charge on any atom is -0.463 e. The van der Waals surface area contributed by atoms with Gasteiger partial charge in [0.15, 0.2) is 5.76 Å². The lowest BCUT2D eigenvalue weighted by molar-refractivity contribution is 0.580. The van der Waals surface area contributed by atoms with Crippen molar-refractivity contribution in [3.8, 4) is 17.5 Å². The molecule has 0 aliphatic rings. The van der Waals surface area contributed by atoms with Crippen molar-refractivity contribution in [1.82, 2.24) is 4.98 Å². The second-order valence-corrected chi connectivity index (χ2v) is 2.52. The van der Waals surface area contributed by atoms with E-state index in [0.717, 1.165) is 5.69 Å². The highest BCUT2D eigenvalue weighted by molar-refractivity contribution is 5.52. The van der Waals surface area contributed by atoms with Gasteiger partial charge in [-0.1, -0.05) is 0 Å². The maximum absolute atomic E-state index is 8.55. The minimum atomic E-state index is 0.551. The van der Waals surface area contributed by atoms with E-state index in [2.05, 4.69) is 4.98 Å². The summed E-state index contributed by atoms with van der Waals surface area (Å²) >= 11 is 0. The topological polar surface area (TPSA) is 49.8 Å². The van der Waals surface area contributed by atoms with E-state index in [0.29, 0.717) is 11.3 Å². The molecule has 3 heteroatoms. The van der Waals surface area contributed by atoms with Crippen molar-refractivity contribution < 1.29 is 4.42 Å². The van der Waals surface area contributed by atoms with E-state index in [1.165, 1.54) is 6.20 Å². The van der Waals surface area contributed by atoms with Crippen molar-refractivity contribution in [2.75, 3.05) is 0 Å². The molecule has 0 radical (unpaired) electrons. The fourth-order valence-electron chi connectivity index (χ4n) is 1.03. The number of aromatic nitrogens is 1. The molecule has 2 heterocycles. The van der Waals surface area contributed by atoms with Gasteiger partial charge in [-0.3, -0.25) is 4.98 Å². The van der Waals surface area contributed by atoms with Crippen molar-refractivity contribution in [2.45, 2.75) is 0 Å². The first-order valence-electron chi connectivity index (χ1n) is 3.80. The molecule has 2 rings (SSSR count). The fourth-order valence-corrected chi connectivity index (χ4v) is 1.03. The smallest absolute Gasteiger partial charge is 0.152 e. The summed E-state index contributed by atoms with van der Waals surface area (Å²) in [5.41, 5.74) is 1.29. The molecule has 0 unspecified atom stereocenters. The number of furan rings is 1. The summed E-state index contributed by atoms with van der Waals surface area (Å²) in [6.07, 6.45) is 3.12. The van der Waals surface area contributed by atoms with E-state index in [-0.39, 0.29) is 0 Å². The van der Waals surface area contributed by atoms with Gasteiger partial charge in [-0.2, -0.15) is 5.26 Å². The van der Waals surface area contributed by atoms with Crippen LogP contribution in [0.1, 0.15) is 5.56 Å². The summed E-state index contributed by atoms with van der Waals surface area (Å²) in [5.74, 6) is 0.712. The van der Waals surface area contributed by atoms with Crippen molar-refractivity contribution in [3.05, 3.63) is 42.3 Å². The van der Waals surface area contributed by atoms with Gasteiger partial charge in [-0.05, 0) is 24.3 Å². The third kappa shape index (κ3) is 1.42. The minimum absolute atomic E-state index is 0.551. The lowest BCUT2D eigenvalue weighted by Gasteiger charge is -1.93. The van der Waals surface area contributed by atoms with Gasteiger partial charge in [-0.25, -0.2) is 0 Å². The largest absolute Gasteiger partial charge is 0.463 e. The van der Waals surface area contributed by atoms with Crippen LogP contribution >= 0.6 is 0 Å². The molecule has 0 saturated carbocycles. The van der Waals surface area contributed by atoms with Gasteiger partial charge in [0.25, 0.3) is 0 Å². The molecule has 0 spiro atoms. The number of hydrogen-bond acceptors (Lipinski definition) is 3. The first-order valence-corrected chi connectivity index (χ1v) is 3.80. The monoisotopic (exact) mass is 170 g/mol. The molecular formula is C10H6N2O. The summed E-state index contributed by atoms with van der Waals surface area (Å²) in [6.45, 7) is 0. The van der Waals surface area contributed by atoms with E-state index >= 15 is 0 Å². The van der Waals surface area contributed by atoms with Crippen LogP contribution in [0.25, 0.3) is 11.5 Å². The highest BCUT2D eigenvalue weighted by atomic mass is 16.3. The predicted molar refractivity (Wildman–Crippen MR) is 46.7 cm³/mol. The Labute approximate surface area is 75.3 Å². The molecule has 0 amide bonds. The van der Waals surface area contributed by atoms with E-state index < -0.39 is 0 Å². The summed E-state index contributed by atoms with van der Waals surface area (Å²) in [7, 11) is 0. The SMILES string of the molecule is N#Cc1ccc(-c2ccco2)nc1. The zero-order chi connectivity index (χ0) is 9.10. The second-order valence-electron chi connectivity index (χ2n) is 2.52. The molecule has 0 atom stereocenters. The lowest BCUT2D eigenvalue weighted by Crippen LogP contribution is -1.81. The van der Waals surface area contributed by atoms with Crippen LogP contribution in [-0.4, -0.2) is 4.98 Å². The van der Waals surface area contributed by atoms with E-state index in [1.807, 2.05) is 12.1 Å². The van der Waals surface area contributed by atoms with Gasteiger partial charge in [-0.15, -0.1) is 0 Å². The Morgan fingerprint density at radius 3 is 2.77 bits per heavy atom. The molecule has 0 bridgehead atoms. The zero-order valence-electron chi connectivity index (χ0n) is 6.77. The number of nitriles is 1. The lowest BCUT2D eigenvalue weighted by atomic mass is 10.2. The summed E-state index contributed by atoms with van der Waals surface area (Å²) in [5, 5.41) is 8.55. The van der Waals surface area contributed by atoms with Crippen LogP contribution < -0.4 is 0 Å². The van der Waals surface area contributed by atoms with Crippen molar-refractivity contribution >= 4 is 0 Å².